The Morgan fingerprint density at radius 1 is 1.35 bits per heavy atom. The lowest BCUT2D eigenvalue weighted by atomic mass is 10.3. The van der Waals surface area contributed by atoms with Crippen molar-refractivity contribution < 1.29 is 26.0 Å². The van der Waals surface area contributed by atoms with E-state index in [2.05, 4.69) is 4.72 Å². The van der Waals surface area contributed by atoms with E-state index in [4.69, 9.17) is 9.88 Å². The van der Waals surface area contributed by atoms with Crippen molar-refractivity contribution in [3.63, 3.8) is 0 Å². The van der Waals surface area contributed by atoms with E-state index in [1.165, 1.54) is 14.0 Å². The minimum Gasteiger partial charge on any atom is -0.383 e. The fourth-order valence-corrected chi connectivity index (χ4v) is 3.30. The maximum Gasteiger partial charge on any atom is 0.243 e. The number of rotatable bonds is 6. The van der Waals surface area contributed by atoms with Gasteiger partial charge >= 0.3 is 0 Å². The topological polar surface area (TPSA) is 116 Å². The molecule has 0 saturated heterocycles. The van der Waals surface area contributed by atoms with Gasteiger partial charge in [0.1, 0.15) is 10.7 Å². The molecule has 0 fully saturated rings. The molecule has 10 heteroatoms. The van der Waals surface area contributed by atoms with Crippen LogP contribution in [0.4, 0.5) is 4.39 Å². The summed E-state index contributed by atoms with van der Waals surface area (Å²) in [5.74, 6) is -1.20. The molecule has 0 heterocycles. The van der Waals surface area contributed by atoms with Crippen molar-refractivity contribution in [1.29, 1.82) is 0 Å². The summed E-state index contributed by atoms with van der Waals surface area (Å²) in [6.45, 7) is 1.65. The average Bonchev–Trinajstić information content (AvgIpc) is 2.26. The monoisotopic (exact) mass is 326 g/mol. The zero-order chi connectivity index (χ0) is 15.6. The summed E-state index contributed by atoms with van der Waals surface area (Å²) >= 11 is 0. The van der Waals surface area contributed by atoms with Gasteiger partial charge in [0.05, 0.1) is 11.5 Å². The van der Waals surface area contributed by atoms with Gasteiger partial charge in [-0.05, 0) is 25.1 Å². The van der Waals surface area contributed by atoms with E-state index in [1.807, 2.05) is 0 Å². The number of primary sulfonamides is 1. The smallest absolute Gasteiger partial charge is 0.243 e. The number of methoxy groups -OCH3 is 1. The predicted molar refractivity (Wildman–Crippen MR) is 69.4 cm³/mol. The molecule has 7 nitrogen and oxygen atoms in total. The molecule has 0 aliphatic carbocycles. The van der Waals surface area contributed by atoms with Crippen LogP contribution in [0.3, 0.4) is 0 Å². The molecule has 0 bridgehead atoms. The highest BCUT2D eigenvalue weighted by Gasteiger charge is 2.23. The van der Waals surface area contributed by atoms with Crippen LogP contribution in [0.5, 0.6) is 0 Å². The number of sulfonamides is 2. The van der Waals surface area contributed by atoms with Gasteiger partial charge in [-0.3, -0.25) is 0 Å². The van der Waals surface area contributed by atoms with Crippen molar-refractivity contribution in [1.82, 2.24) is 4.72 Å². The van der Waals surface area contributed by atoms with Gasteiger partial charge in [0.15, 0.2) is 0 Å². The summed E-state index contributed by atoms with van der Waals surface area (Å²) in [6.07, 6.45) is 0. The van der Waals surface area contributed by atoms with Crippen LogP contribution in [0.25, 0.3) is 0 Å². The molecule has 1 aromatic rings. The molecule has 3 N–H and O–H groups in total. The quantitative estimate of drug-likeness (QED) is 0.750. The van der Waals surface area contributed by atoms with Gasteiger partial charge in [-0.2, -0.15) is 0 Å². The highest BCUT2D eigenvalue weighted by Crippen LogP contribution is 2.18. The Hall–Kier alpha value is -1.07. The van der Waals surface area contributed by atoms with Gasteiger partial charge in [-0.25, -0.2) is 31.1 Å². The molecule has 1 atom stereocenters. The Morgan fingerprint density at radius 3 is 2.40 bits per heavy atom. The summed E-state index contributed by atoms with van der Waals surface area (Å²) in [5, 5.41) is 4.83. The molecule has 0 aliphatic rings. The lowest BCUT2D eigenvalue weighted by Gasteiger charge is -2.13. The van der Waals surface area contributed by atoms with Crippen LogP contribution >= 0.6 is 0 Å². The molecule has 0 aliphatic heterocycles. The van der Waals surface area contributed by atoms with Gasteiger partial charge in [0.2, 0.25) is 20.0 Å². The zero-order valence-electron chi connectivity index (χ0n) is 10.8. The predicted octanol–water partition coefficient (Wildman–Crippen LogP) is -0.214. The van der Waals surface area contributed by atoms with Crippen molar-refractivity contribution in [3.8, 4) is 0 Å². The number of hydrogen-bond acceptors (Lipinski definition) is 5. The Morgan fingerprint density at radius 2 is 1.95 bits per heavy atom. The van der Waals surface area contributed by atoms with Gasteiger partial charge in [0, 0.05) is 13.2 Å². The Labute approximate surface area is 117 Å². The minimum atomic E-state index is -4.12. The third-order valence-corrected chi connectivity index (χ3v) is 4.83. The van der Waals surface area contributed by atoms with Gasteiger partial charge in [-0.15, -0.1) is 0 Å². The molecular weight excluding hydrogens is 311 g/mol. The fourth-order valence-electron chi connectivity index (χ4n) is 1.49. The number of benzene rings is 1. The second kappa shape index (κ2) is 6.14. The first-order chi connectivity index (χ1) is 9.08. The van der Waals surface area contributed by atoms with Crippen LogP contribution in [0.2, 0.25) is 0 Å². The first-order valence-corrected chi connectivity index (χ1v) is 8.44. The number of ether oxygens (including phenoxy) is 1. The van der Waals surface area contributed by atoms with Gasteiger partial charge in [-0.1, -0.05) is 0 Å². The Bertz CT molecular complexity index is 688. The lowest BCUT2D eigenvalue weighted by Crippen LogP contribution is -2.36. The molecule has 0 amide bonds. The first-order valence-electron chi connectivity index (χ1n) is 5.41. The molecule has 1 unspecified atom stereocenters. The van der Waals surface area contributed by atoms with E-state index in [0.29, 0.717) is 6.07 Å². The van der Waals surface area contributed by atoms with E-state index in [1.54, 1.807) is 0 Å². The van der Waals surface area contributed by atoms with Crippen molar-refractivity contribution in [3.05, 3.63) is 24.0 Å². The molecule has 0 aromatic heterocycles. The van der Waals surface area contributed by atoms with Crippen molar-refractivity contribution in [2.45, 2.75) is 22.8 Å². The Kier molecular flexibility index (Phi) is 5.21. The second-order valence-electron chi connectivity index (χ2n) is 4.11. The van der Waals surface area contributed by atoms with Crippen molar-refractivity contribution in [2.75, 3.05) is 13.7 Å². The minimum absolute atomic E-state index is 0.107. The van der Waals surface area contributed by atoms with Crippen LogP contribution in [0.1, 0.15) is 6.92 Å². The van der Waals surface area contributed by atoms with E-state index in [9.17, 15) is 21.2 Å². The van der Waals surface area contributed by atoms with Crippen LogP contribution in [0, 0.1) is 5.82 Å². The summed E-state index contributed by atoms with van der Waals surface area (Å²) in [5.41, 5.74) is 0. The molecule has 1 rings (SSSR count). The molecule has 1 aromatic carbocycles. The molecule has 0 radical (unpaired) electrons. The zero-order valence-corrected chi connectivity index (χ0v) is 12.5. The van der Waals surface area contributed by atoms with Gasteiger partial charge < -0.3 is 4.74 Å². The molecule has 0 saturated carbocycles. The highest BCUT2D eigenvalue weighted by atomic mass is 32.2. The summed E-state index contributed by atoms with van der Waals surface area (Å²) < 4.78 is 66.6. The summed E-state index contributed by atoms with van der Waals surface area (Å²) in [7, 11) is -6.81. The molecular formula is C10H15FN2O5S2. The van der Waals surface area contributed by atoms with E-state index in [0.717, 1.165) is 12.1 Å². The van der Waals surface area contributed by atoms with Crippen molar-refractivity contribution >= 4 is 20.0 Å². The van der Waals surface area contributed by atoms with Crippen molar-refractivity contribution in [2.24, 2.45) is 5.14 Å². The van der Waals surface area contributed by atoms with E-state index >= 15 is 0 Å². The van der Waals surface area contributed by atoms with Crippen LogP contribution < -0.4 is 9.86 Å². The molecule has 114 valence electrons. The fraction of sp³-hybridized carbons (Fsp3) is 0.400. The maximum atomic E-state index is 13.7. The summed E-state index contributed by atoms with van der Waals surface area (Å²) in [4.78, 5) is -1.16. The standard InChI is InChI=1S/C10H15FN2O5S2/c1-7(6-18-2)13-20(16,17)10-4-3-8(5-9(10)11)19(12,14)15/h3-5,7,13H,6H2,1-2H3,(H2,12,14,15). The maximum absolute atomic E-state index is 13.7. The normalized spacial score (nSPS) is 14.2. The average molecular weight is 326 g/mol. The van der Waals surface area contributed by atoms with Gasteiger partial charge in [0.25, 0.3) is 0 Å². The third kappa shape index (κ3) is 4.21. The SMILES string of the molecule is COCC(C)NS(=O)(=O)c1ccc(S(N)(=O)=O)cc1F. The van der Waals surface area contributed by atoms with Crippen LogP contribution in [0.15, 0.2) is 28.0 Å². The second-order valence-corrected chi connectivity index (χ2v) is 7.36. The lowest BCUT2D eigenvalue weighted by molar-refractivity contribution is 0.180. The Balaban J connectivity index is 3.15. The molecule has 20 heavy (non-hydrogen) atoms. The number of nitrogens with one attached hydrogen (secondary N) is 1. The largest absolute Gasteiger partial charge is 0.383 e. The third-order valence-electron chi connectivity index (χ3n) is 2.29. The molecule has 0 spiro atoms. The summed E-state index contributed by atoms with van der Waals surface area (Å²) in [6, 6.07) is 1.76. The number of hydrogen-bond donors (Lipinski definition) is 2. The number of nitrogens with two attached hydrogens (primary N) is 1. The van der Waals surface area contributed by atoms with Crippen LogP contribution in [-0.4, -0.2) is 36.6 Å². The van der Waals surface area contributed by atoms with E-state index < -0.39 is 41.7 Å². The first kappa shape index (κ1) is 17.0. The number of halogens is 1. The van der Waals surface area contributed by atoms with Crippen LogP contribution in [-0.2, 0) is 24.8 Å². The van der Waals surface area contributed by atoms with E-state index in [-0.39, 0.29) is 6.61 Å². The highest BCUT2D eigenvalue weighted by molar-refractivity contribution is 7.89.